The van der Waals surface area contributed by atoms with Crippen LogP contribution in [0.25, 0.3) is 28.3 Å². The molecule has 4 heterocycles. The monoisotopic (exact) mass is 434 g/mol. The first-order chi connectivity index (χ1) is 16.1. The summed E-state index contributed by atoms with van der Waals surface area (Å²) in [4.78, 5) is 7.25. The summed E-state index contributed by atoms with van der Waals surface area (Å²) in [6.07, 6.45) is 4.16. The maximum Gasteiger partial charge on any atom is 0.161 e. The van der Waals surface area contributed by atoms with Crippen LogP contribution in [0.15, 0.2) is 60.9 Å². The van der Waals surface area contributed by atoms with Crippen molar-refractivity contribution in [1.29, 1.82) is 5.26 Å². The molecule has 0 amide bonds. The van der Waals surface area contributed by atoms with Crippen LogP contribution in [0.4, 0.5) is 5.69 Å². The lowest BCUT2D eigenvalue weighted by Gasteiger charge is -2.41. The normalized spacial score (nSPS) is 14.6. The summed E-state index contributed by atoms with van der Waals surface area (Å²) in [6, 6.07) is 19.0. The molecular formula is C27H26N6. The molecule has 0 bridgehead atoms. The number of rotatable bonds is 4. The molecule has 0 radical (unpaired) electrons. The number of hydrogen-bond donors (Lipinski definition) is 1. The Bertz CT molecular complexity index is 1380. The van der Waals surface area contributed by atoms with Gasteiger partial charge in [0.05, 0.1) is 23.0 Å². The molecular weight excluding hydrogens is 408 g/mol. The van der Waals surface area contributed by atoms with E-state index in [-0.39, 0.29) is 0 Å². The second-order valence-electron chi connectivity index (χ2n) is 9.13. The van der Waals surface area contributed by atoms with Crippen LogP contribution in [0.3, 0.4) is 0 Å². The van der Waals surface area contributed by atoms with Gasteiger partial charge in [0, 0.05) is 61.4 Å². The molecule has 0 atom stereocenters. The van der Waals surface area contributed by atoms with Crippen LogP contribution >= 0.6 is 0 Å². The summed E-state index contributed by atoms with van der Waals surface area (Å²) >= 11 is 0. The van der Waals surface area contributed by atoms with Crippen LogP contribution in [-0.4, -0.2) is 40.8 Å². The summed E-state index contributed by atoms with van der Waals surface area (Å²) < 4.78 is 4.59. The van der Waals surface area contributed by atoms with Gasteiger partial charge in [-0.2, -0.15) is 5.26 Å². The van der Waals surface area contributed by atoms with Crippen LogP contribution in [0.2, 0.25) is 0 Å². The predicted octanol–water partition coefficient (Wildman–Crippen LogP) is 4.21. The molecule has 2 aliphatic heterocycles. The third kappa shape index (κ3) is 3.24. The number of fused-ring (bicyclic) bond motifs is 5. The van der Waals surface area contributed by atoms with Crippen molar-refractivity contribution in [3.8, 4) is 34.4 Å². The third-order valence-electron chi connectivity index (χ3n) is 6.87. The van der Waals surface area contributed by atoms with Gasteiger partial charge < -0.3 is 14.8 Å². The SMILES string of the molecule is CNCC1CN(c2ccc3c(c2)Cn2cc(-c4ccc(C#N)cc4)cc2-c2ncc(C)n2-3)C1. The molecule has 1 N–H and O–H groups in total. The van der Waals surface area contributed by atoms with Crippen molar-refractivity contribution in [2.45, 2.75) is 13.5 Å². The van der Waals surface area contributed by atoms with Crippen LogP contribution in [0.1, 0.15) is 16.8 Å². The van der Waals surface area contributed by atoms with E-state index in [1.165, 1.54) is 16.9 Å². The first kappa shape index (κ1) is 19.8. The molecule has 1 saturated heterocycles. The maximum atomic E-state index is 9.12. The Labute approximate surface area is 193 Å². The highest BCUT2D eigenvalue weighted by Gasteiger charge is 2.28. The lowest BCUT2D eigenvalue weighted by molar-refractivity contribution is 0.397. The smallest absolute Gasteiger partial charge is 0.161 e. The summed E-state index contributed by atoms with van der Waals surface area (Å²) in [7, 11) is 2.02. The Morgan fingerprint density at radius 1 is 1.09 bits per heavy atom. The highest BCUT2D eigenvalue weighted by Crippen LogP contribution is 2.37. The Morgan fingerprint density at radius 2 is 1.91 bits per heavy atom. The average Bonchev–Trinajstić information content (AvgIpc) is 3.36. The predicted molar refractivity (Wildman–Crippen MR) is 131 cm³/mol. The fraction of sp³-hybridized carbons (Fsp3) is 0.259. The maximum absolute atomic E-state index is 9.12. The van der Waals surface area contributed by atoms with Crippen LogP contribution in [0, 0.1) is 24.2 Å². The standard InChI is InChI=1S/C27H26N6/c1-18-12-30-27-26-10-22(21-5-3-19(11-28)4-6-21)16-32(26)17-23-9-24(7-8-25(23)33(18)27)31-14-20(15-31)13-29-2/h3-10,12,16,20,29H,13-15,17H2,1-2H3. The number of aromatic nitrogens is 3. The van der Waals surface area contributed by atoms with Gasteiger partial charge in [-0.25, -0.2) is 4.98 Å². The molecule has 6 heteroatoms. The highest BCUT2D eigenvalue weighted by atomic mass is 15.2. The number of nitrogens with one attached hydrogen (secondary N) is 1. The topological polar surface area (TPSA) is 61.8 Å². The van der Waals surface area contributed by atoms with E-state index >= 15 is 0 Å². The first-order valence-corrected chi connectivity index (χ1v) is 11.4. The van der Waals surface area contributed by atoms with Crippen molar-refractivity contribution in [3.05, 3.63) is 77.7 Å². The number of imidazole rings is 1. The number of nitriles is 1. The molecule has 0 spiro atoms. The summed E-state index contributed by atoms with van der Waals surface area (Å²) in [5, 5.41) is 12.4. The van der Waals surface area contributed by atoms with Gasteiger partial charge in [-0.3, -0.25) is 4.57 Å². The number of benzene rings is 2. The molecule has 2 aliphatic rings. The summed E-state index contributed by atoms with van der Waals surface area (Å²) in [5.74, 6) is 1.69. The van der Waals surface area contributed by atoms with E-state index in [0.29, 0.717) is 5.56 Å². The number of anilines is 1. The molecule has 6 nitrogen and oxygen atoms in total. The average molecular weight is 435 g/mol. The Balaban J connectivity index is 1.41. The molecule has 2 aromatic carbocycles. The van der Waals surface area contributed by atoms with Crippen molar-refractivity contribution in [1.82, 2.24) is 19.4 Å². The van der Waals surface area contributed by atoms with E-state index in [0.717, 1.165) is 60.4 Å². The zero-order chi connectivity index (χ0) is 22.5. The molecule has 2 aromatic heterocycles. The van der Waals surface area contributed by atoms with Gasteiger partial charge in [-0.05, 0) is 61.5 Å². The number of aryl methyl sites for hydroxylation is 1. The number of hydrogen-bond acceptors (Lipinski definition) is 4. The van der Waals surface area contributed by atoms with E-state index in [2.05, 4.69) is 62.8 Å². The van der Waals surface area contributed by atoms with Gasteiger partial charge in [0.1, 0.15) is 0 Å². The van der Waals surface area contributed by atoms with Gasteiger partial charge >= 0.3 is 0 Å². The molecule has 164 valence electrons. The van der Waals surface area contributed by atoms with Crippen molar-refractivity contribution in [2.24, 2.45) is 5.92 Å². The van der Waals surface area contributed by atoms with E-state index in [1.54, 1.807) is 0 Å². The number of nitrogens with zero attached hydrogens (tertiary/aromatic N) is 5. The second kappa shape index (κ2) is 7.65. The van der Waals surface area contributed by atoms with Gasteiger partial charge in [0.2, 0.25) is 0 Å². The van der Waals surface area contributed by atoms with Gasteiger partial charge in [0.15, 0.2) is 5.82 Å². The molecule has 1 fully saturated rings. The van der Waals surface area contributed by atoms with Gasteiger partial charge in [0.25, 0.3) is 0 Å². The van der Waals surface area contributed by atoms with Crippen molar-refractivity contribution in [2.75, 3.05) is 31.6 Å². The molecule has 6 rings (SSSR count). The summed E-state index contributed by atoms with van der Waals surface area (Å²) in [5.41, 5.74) is 8.96. The lowest BCUT2D eigenvalue weighted by Crippen LogP contribution is -2.50. The van der Waals surface area contributed by atoms with Crippen molar-refractivity contribution >= 4 is 5.69 Å². The van der Waals surface area contributed by atoms with E-state index in [9.17, 15) is 0 Å². The van der Waals surface area contributed by atoms with Crippen LogP contribution in [-0.2, 0) is 6.54 Å². The van der Waals surface area contributed by atoms with E-state index in [1.807, 2.05) is 37.5 Å². The molecule has 0 aliphatic carbocycles. The minimum Gasteiger partial charge on any atom is -0.371 e. The van der Waals surface area contributed by atoms with Crippen LogP contribution in [0.5, 0.6) is 0 Å². The van der Waals surface area contributed by atoms with E-state index in [4.69, 9.17) is 10.2 Å². The third-order valence-corrected chi connectivity index (χ3v) is 6.87. The minimum absolute atomic E-state index is 0.676. The van der Waals surface area contributed by atoms with Crippen LogP contribution < -0.4 is 10.2 Å². The fourth-order valence-corrected chi connectivity index (χ4v) is 5.14. The van der Waals surface area contributed by atoms with Crippen molar-refractivity contribution < 1.29 is 0 Å². The van der Waals surface area contributed by atoms with Crippen molar-refractivity contribution in [3.63, 3.8) is 0 Å². The van der Waals surface area contributed by atoms with E-state index < -0.39 is 0 Å². The molecule has 0 saturated carbocycles. The zero-order valence-corrected chi connectivity index (χ0v) is 18.9. The lowest BCUT2D eigenvalue weighted by atomic mass is 9.98. The zero-order valence-electron chi connectivity index (χ0n) is 18.9. The fourth-order valence-electron chi connectivity index (χ4n) is 5.14. The van der Waals surface area contributed by atoms with Gasteiger partial charge in [-0.15, -0.1) is 0 Å². The Kier molecular flexibility index (Phi) is 4.60. The molecule has 0 unspecified atom stereocenters. The van der Waals surface area contributed by atoms with Gasteiger partial charge in [-0.1, -0.05) is 12.1 Å². The largest absolute Gasteiger partial charge is 0.371 e. The molecule has 4 aromatic rings. The second-order valence-corrected chi connectivity index (χ2v) is 9.13. The Hall–Kier alpha value is -3.82. The Morgan fingerprint density at radius 3 is 2.67 bits per heavy atom. The highest BCUT2D eigenvalue weighted by molar-refractivity contribution is 5.73. The quantitative estimate of drug-likeness (QED) is 0.460. The minimum atomic E-state index is 0.676. The first-order valence-electron chi connectivity index (χ1n) is 11.4. The molecule has 33 heavy (non-hydrogen) atoms. The summed E-state index contributed by atoms with van der Waals surface area (Å²) in [6.45, 7) is 6.19.